The molecule has 0 spiro atoms. The van der Waals surface area contributed by atoms with Gasteiger partial charge in [0, 0.05) is 17.5 Å². The number of hydrogen-bond donors (Lipinski definition) is 1. The Morgan fingerprint density at radius 2 is 1.60 bits per heavy atom. The summed E-state index contributed by atoms with van der Waals surface area (Å²) in [4.78, 5) is 14.4. The van der Waals surface area contributed by atoms with Gasteiger partial charge in [0.15, 0.2) is 0 Å². The fraction of sp³-hybridized carbons (Fsp3) is 0.333. The van der Waals surface area contributed by atoms with Gasteiger partial charge in [-0.2, -0.15) is 26.3 Å². The van der Waals surface area contributed by atoms with Crippen molar-refractivity contribution in [1.29, 1.82) is 0 Å². The summed E-state index contributed by atoms with van der Waals surface area (Å²) < 4.78 is 86.4. The minimum Gasteiger partial charge on any atom is -0.493 e. The number of halogens is 6. The predicted molar refractivity (Wildman–Crippen MR) is 115 cm³/mol. The molecule has 0 aliphatic rings. The Morgan fingerprint density at radius 1 is 0.914 bits per heavy atom. The summed E-state index contributed by atoms with van der Waals surface area (Å²) in [5.41, 5.74) is -1.44. The Morgan fingerprint density at radius 3 is 2.23 bits per heavy atom. The second-order valence-electron chi connectivity index (χ2n) is 7.79. The molecule has 3 rings (SSSR count). The Labute approximate surface area is 197 Å². The molecule has 188 valence electrons. The number of unbranched alkanes of at least 4 members (excludes halogenated alkanes) is 2. The molecule has 5 nitrogen and oxygen atoms in total. The molecular formula is C24H22F6N2O3. The number of hydrogen-bond acceptors (Lipinski definition) is 3. The summed E-state index contributed by atoms with van der Waals surface area (Å²) in [6.45, 7) is -0.0289. The normalized spacial score (nSPS) is 12.1. The van der Waals surface area contributed by atoms with Crippen LogP contribution in [-0.2, 0) is 23.7 Å². The number of benzene rings is 2. The Hall–Kier alpha value is -3.50. The number of para-hydroxylation sites is 1. The van der Waals surface area contributed by atoms with Crippen LogP contribution >= 0.6 is 0 Å². The molecule has 11 heteroatoms. The maximum Gasteiger partial charge on any atom is 0.433 e. The van der Waals surface area contributed by atoms with Gasteiger partial charge in [0.25, 0.3) is 0 Å². The third-order valence-corrected chi connectivity index (χ3v) is 5.21. The van der Waals surface area contributed by atoms with Gasteiger partial charge in [-0.1, -0.05) is 30.3 Å². The predicted octanol–water partition coefficient (Wildman–Crippen LogP) is 6.66. The average molecular weight is 500 g/mol. The van der Waals surface area contributed by atoms with Crippen molar-refractivity contribution in [3.63, 3.8) is 0 Å². The number of carboxylic acid groups (broad SMARTS) is 1. The van der Waals surface area contributed by atoms with Crippen molar-refractivity contribution in [1.82, 2.24) is 9.55 Å². The molecule has 3 aromatic rings. The molecule has 1 N–H and O–H groups in total. The monoisotopic (exact) mass is 500 g/mol. The van der Waals surface area contributed by atoms with Gasteiger partial charge in [0.05, 0.1) is 24.9 Å². The van der Waals surface area contributed by atoms with Crippen molar-refractivity contribution in [2.75, 3.05) is 6.61 Å². The summed E-state index contributed by atoms with van der Waals surface area (Å²) in [5, 5.41) is 8.67. The van der Waals surface area contributed by atoms with E-state index in [0.29, 0.717) is 36.8 Å². The van der Waals surface area contributed by atoms with Gasteiger partial charge in [0.2, 0.25) is 0 Å². The van der Waals surface area contributed by atoms with Crippen molar-refractivity contribution in [2.45, 2.75) is 44.6 Å². The molecule has 0 fully saturated rings. The lowest BCUT2D eigenvalue weighted by molar-refractivity contribution is -0.143. The highest BCUT2D eigenvalue weighted by Crippen LogP contribution is 2.35. The smallest absolute Gasteiger partial charge is 0.433 e. The summed E-state index contributed by atoms with van der Waals surface area (Å²) in [6, 6.07) is 10.3. The highest BCUT2D eigenvalue weighted by molar-refractivity contribution is 5.66. The van der Waals surface area contributed by atoms with Crippen LogP contribution in [0, 0.1) is 0 Å². The first-order valence-electron chi connectivity index (χ1n) is 10.7. The number of rotatable bonds is 10. The zero-order valence-electron chi connectivity index (χ0n) is 18.4. The van der Waals surface area contributed by atoms with E-state index in [1.165, 1.54) is 0 Å². The summed E-state index contributed by atoms with van der Waals surface area (Å²) in [7, 11) is 0. The number of carbonyl (C=O) groups is 1. The van der Waals surface area contributed by atoms with E-state index in [9.17, 15) is 31.1 Å². The molecule has 1 heterocycles. The van der Waals surface area contributed by atoms with Gasteiger partial charge >= 0.3 is 18.3 Å². The van der Waals surface area contributed by atoms with E-state index in [4.69, 9.17) is 9.84 Å². The Bertz CT molecular complexity index is 1140. The van der Waals surface area contributed by atoms with E-state index in [0.717, 1.165) is 28.8 Å². The van der Waals surface area contributed by atoms with Crippen molar-refractivity contribution < 1.29 is 41.0 Å². The second-order valence-corrected chi connectivity index (χ2v) is 7.79. The third kappa shape index (κ3) is 7.00. The summed E-state index contributed by atoms with van der Waals surface area (Å²) in [5.74, 6) is -0.665. The van der Waals surface area contributed by atoms with Crippen LogP contribution in [0.2, 0.25) is 0 Å². The molecule has 0 atom stereocenters. The molecule has 2 aromatic carbocycles. The van der Waals surface area contributed by atoms with Gasteiger partial charge in [0.1, 0.15) is 17.3 Å². The van der Waals surface area contributed by atoms with Crippen molar-refractivity contribution in [3.05, 3.63) is 71.5 Å². The number of carboxylic acids is 1. The van der Waals surface area contributed by atoms with Gasteiger partial charge in [-0.05, 0) is 37.5 Å². The summed E-state index contributed by atoms with van der Waals surface area (Å²) >= 11 is 0. The average Bonchev–Trinajstić information content (AvgIpc) is 3.20. The zero-order chi connectivity index (χ0) is 25.6. The molecule has 35 heavy (non-hydrogen) atoms. The molecule has 0 radical (unpaired) electrons. The van der Waals surface area contributed by atoms with Crippen LogP contribution in [0.15, 0.2) is 54.7 Å². The number of aliphatic carboxylic acids is 1. The quantitative estimate of drug-likeness (QED) is 0.250. The van der Waals surface area contributed by atoms with Crippen LogP contribution in [-0.4, -0.2) is 27.2 Å². The maximum absolute atomic E-state index is 13.7. The largest absolute Gasteiger partial charge is 0.493 e. The minimum atomic E-state index is -4.74. The van der Waals surface area contributed by atoms with Crippen LogP contribution in [0.3, 0.4) is 0 Å². The first-order chi connectivity index (χ1) is 16.5. The fourth-order valence-electron chi connectivity index (χ4n) is 3.48. The van der Waals surface area contributed by atoms with E-state index in [2.05, 4.69) is 4.98 Å². The van der Waals surface area contributed by atoms with Crippen molar-refractivity contribution in [3.8, 4) is 17.1 Å². The van der Waals surface area contributed by atoms with Crippen LogP contribution in [0.25, 0.3) is 11.4 Å². The molecule has 0 aliphatic carbocycles. The maximum atomic E-state index is 13.7. The number of alkyl halides is 6. The highest BCUT2D eigenvalue weighted by atomic mass is 19.4. The van der Waals surface area contributed by atoms with Crippen LogP contribution in [0.4, 0.5) is 26.3 Å². The molecule has 1 aromatic heterocycles. The third-order valence-electron chi connectivity index (χ3n) is 5.21. The van der Waals surface area contributed by atoms with Crippen molar-refractivity contribution >= 4 is 5.97 Å². The SMILES string of the molecule is O=C(O)CCCCCOc1ccccc1Cn1c(C(F)(F)F)cnc1-c1ccc(C(F)(F)F)cc1. The van der Waals surface area contributed by atoms with Gasteiger partial charge in [-0.15, -0.1) is 0 Å². The number of nitrogens with zero attached hydrogens (tertiary/aromatic N) is 2. The Balaban J connectivity index is 1.85. The standard InChI is InChI=1S/C24H22F6N2O3/c25-23(26,27)18-11-9-16(10-12-18)22-31-14-20(24(28,29)30)32(22)15-17-6-3-4-7-19(17)35-13-5-1-2-8-21(33)34/h3-4,6-7,9-12,14H,1-2,5,8,13,15H2,(H,33,34). The molecule has 0 saturated heterocycles. The van der Waals surface area contributed by atoms with Gasteiger partial charge in [-0.25, -0.2) is 4.98 Å². The second kappa shape index (κ2) is 10.8. The van der Waals surface area contributed by atoms with E-state index in [-0.39, 0.29) is 31.0 Å². The number of imidazole rings is 1. The van der Waals surface area contributed by atoms with E-state index in [1.807, 2.05) is 0 Å². The Kier molecular flexibility index (Phi) is 8.08. The molecular weight excluding hydrogens is 478 g/mol. The van der Waals surface area contributed by atoms with Gasteiger partial charge in [-0.3, -0.25) is 4.79 Å². The van der Waals surface area contributed by atoms with Crippen LogP contribution < -0.4 is 4.74 Å². The molecule has 0 aliphatic heterocycles. The number of aromatic nitrogens is 2. The minimum absolute atomic E-state index is 0.0458. The topological polar surface area (TPSA) is 64.3 Å². The molecule has 0 amide bonds. The lowest BCUT2D eigenvalue weighted by Gasteiger charge is -2.17. The molecule has 0 saturated carbocycles. The summed E-state index contributed by atoms with van der Waals surface area (Å²) in [6.07, 6.45) is -6.94. The highest BCUT2D eigenvalue weighted by Gasteiger charge is 2.36. The zero-order valence-corrected chi connectivity index (χ0v) is 18.4. The van der Waals surface area contributed by atoms with Crippen LogP contribution in [0.1, 0.15) is 42.5 Å². The lowest BCUT2D eigenvalue weighted by Crippen LogP contribution is -2.16. The first-order valence-corrected chi connectivity index (χ1v) is 10.7. The number of ether oxygens (including phenoxy) is 1. The lowest BCUT2D eigenvalue weighted by atomic mass is 10.1. The van der Waals surface area contributed by atoms with Crippen LogP contribution in [0.5, 0.6) is 5.75 Å². The first kappa shape index (κ1) is 26.1. The van der Waals surface area contributed by atoms with E-state index < -0.39 is 29.6 Å². The van der Waals surface area contributed by atoms with E-state index in [1.54, 1.807) is 24.3 Å². The van der Waals surface area contributed by atoms with Crippen molar-refractivity contribution in [2.24, 2.45) is 0 Å². The van der Waals surface area contributed by atoms with Gasteiger partial charge < -0.3 is 14.4 Å². The van der Waals surface area contributed by atoms with E-state index >= 15 is 0 Å². The fourth-order valence-corrected chi connectivity index (χ4v) is 3.48. The molecule has 0 bridgehead atoms. The molecule has 0 unspecified atom stereocenters.